The van der Waals surface area contributed by atoms with Crippen molar-refractivity contribution in [3.05, 3.63) is 46.0 Å². The van der Waals surface area contributed by atoms with Gasteiger partial charge in [-0.2, -0.15) is 0 Å². The molecule has 1 aromatic carbocycles. The molecule has 0 spiro atoms. The van der Waals surface area contributed by atoms with Crippen LogP contribution in [0.4, 0.5) is 10.2 Å². The molecule has 0 aliphatic rings. The van der Waals surface area contributed by atoms with E-state index in [2.05, 4.69) is 5.16 Å². The summed E-state index contributed by atoms with van der Waals surface area (Å²) in [4.78, 5) is 0.899. The SMILES string of the molecule is CCc1ccsc1-c1onc(N)c1-c1c(F)cccc1Cl. The van der Waals surface area contributed by atoms with E-state index in [4.69, 9.17) is 21.9 Å². The van der Waals surface area contributed by atoms with Crippen LogP contribution in [-0.4, -0.2) is 5.16 Å². The minimum absolute atomic E-state index is 0.132. The lowest BCUT2D eigenvalue weighted by Crippen LogP contribution is -1.93. The molecule has 0 amide bonds. The summed E-state index contributed by atoms with van der Waals surface area (Å²) in [5.74, 6) is 0.145. The van der Waals surface area contributed by atoms with Crippen molar-refractivity contribution in [3.63, 3.8) is 0 Å². The van der Waals surface area contributed by atoms with Gasteiger partial charge in [0.05, 0.1) is 15.5 Å². The predicted octanol–water partition coefficient (Wildman–Crippen LogP) is 5.01. The van der Waals surface area contributed by atoms with Gasteiger partial charge in [0.2, 0.25) is 0 Å². The van der Waals surface area contributed by atoms with E-state index >= 15 is 0 Å². The fourth-order valence-electron chi connectivity index (χ4n) is 2.25. The highest BCUT2D eigenvalue weighted by Crippen LogP contribution is 2.43. The third-order valence-corrected chi connectivity index (χ3v) is 4.54. The monoisotopic (exact) mass is 322 g/mol. The second-order valence-electron chi connectivity index (χ2n) is 4.50. The maximum Gasteiger partial charge on any atom is 0.187 e. The van der Waals surface area contributed by atoms with E-state index in [-0.39, 0.29) is 16.4 Å². The normalized spacial score (nSPS) is 11.0. The number of hydrogen-bond donors (Lipinski definition) is 1. The molecule has 108 valence electrons. The van der Waals surface area contributed by atoms with Crippen molar-refractivity contribution < 1.29 is 8.91 Å². The van der Waals surface area contributed by atoms with Crippen LogP contribution < -0.4 is 5.73 Å². The van der Waals surface area contributed by atoms with E-state index in [0.29, 0.717) is 11.3 Å². The second-order valence-corrected chi connectivity index (χ2v) is 5.82. The fraction of sp³-hybridized carbons (Fsp3) is 0.133. The summed E-state index contributed by atoms with van der Waals surface area (Å²) < 4.78 is 19.5. The molecule has 2 heterocycles. The molecule has 3 rings (SSSR count). The largest absolute Gasteiger partial charge is 0.380 e. The molecule has 0 aliphatic heterocycles. The van der Waals surface area contributed by atoms with Gasteiger partial charge < -0.3 is 10.3 Å². The van der Waals surface area contributed by atoms with Gasteiger partial charge in [-0.3, -0.25) is 0 Å². The number of hydrogen-bond acceptors (Lipinski definition) is 4. The maximum atomic E-state index is 14.2. The molecule has 0 saturated carbocycles. The minimum atomic E-state index is -0.451. The van der Waals surface area contributed by atoms with Crippen molar-refractivity contribution in [2.75, 3.05) is 5.73 Å². The number of rotatable bonds is 3. The highest BCUT2D eigenvalue weighted by molar-refractivity contribution is 7.13. The van der Waals surface area contributed by atoms with Crippen molar-refractivity contribution in [2.24, 2.45) is 0 Å². The highest BCUT2D eigenvalue weighted by atomic mass is 35.5. The molecule has 0 bridgehead atoms. The zero-order valence-electron chi connectivity index (χ0n) is 11.2. The Hall–Kier alpha value is -1.85. The Morgan fingerprint density at radius 2 is 2.14 bits per heavy atom. The molecule has 0 unspecified atom stereocenters. The first-order valence-electron chi connectivity index (χ1n) is 6.39. The van der Waals surface area contributed by atoms with E-state index in [1.807, 2.05) is 18.4 Å². The summed E-state index contributed by atoms with van der Waals surface area (Å²) in [6, 6.07) is 6.51. The van der Waals surface area contributed by atoms with Crippen LogP contribution in [0.2, 0.25) is 5.02 Å². The third kappa shape index (κ3) is 2.32. The van der Waals surface area contributed by atoms with E-state index < -0.39 is 5.82 Å². The smallest absolute Gasteiger partial charge is 0.187 e. The maximum absolute atomic E-state index is 14.2. The number of nitrogens with zero attached hydrogens (tertiary/aromatic N) is 1. The van der Waals surface area contributed by atoms with Crippen molar-refractivity contribution in [1.29, 1.82) is 0 Å². The number of nitrogens with two attached hydrogens (primary N) is 1. The lowest BCUT2D eigenvalue weighted by Gasteiger charge is -2.06. The van der Waals surface area contributed by atoms with Crippen molar-refractivity contribution >= 4 is 28.8 Å². The molecule has 3 nitrogen and oxygen atoms in total. The summed E-state index contributed by atoms with van der Waals surface area (Å²) in [5, 5.41) is 6.03. The number of nitrogen functional groups attached to an aromatic ring is 1. The van der Waals surface area contributed by atoms with Crippen LogP contribution in [0.25, 0.3) is 21.8 Å². The van der Waals surface area contributed by atoms with E-state index in [0.717, 1.165) is 16.9 Å². The van der Waals surface area contributed by atoms with E-state index in [9.17, 15) is 4.39 Å². The number of thiophene rings is 1. The van der Waals surface area contributed by atoms with Gasteiger partial charge in [-0.05, 0) is 35.6 Å². The van der Waals surface area contributed by atoms with Gasteiger partial charge in [0, 0.05) is 5.56 Å². The second kappa shape index (κ2) is 5.50. The van der Waals surface area contributed by atoms with Crippen LogP contribution in [0.5, 0.6) is 0 Å². The summed E-state index contributed by atoms with van der Waals surface area (Å²) in [6.07, 6.45) is 0.837. The molecule has 0 fully saturated rings. The lowest BCUT2D eigenvalue weighted by atomic mass is 10.0. The molecule has 21 heavy (non-hydrogen) atoms. The molecule has 0 aliphatic carbocycles. The summed E-state index contributed by atoms with van der Waals surface area (Å²) in [6.45, 7) is 2.04. The summed E-state index contributed by atoms with van der Waals surface area (Å²) in [5.41, 5.74) is 7.62. The first-order chi connectivity index (χ1) is 10.1. The molecule has 0 atom stereocenters. The Balaban J connectivity index is 2.28. The van der Waals surface area contributed by atoms with Crippen LogP contribution in [0.15, 0.2) is 34.2 Å². The molecular formula is C15H12ClFN2OS. The van der Waals surface area contributed by atoms with Crippen molar-refractivity contribution in [2.45, 2.75) is 13.3 Å². The van der Waals surface area contributed by atoms with Gasteiger partial charge in [0.1, 0.15) is 5.82 Å². The summed E-state index contributed by atoms with van der Waals surface area (Å²) >= 11 is 7.64. The Bertz CT molecular complexity index is 777. The molecule has 0 radical (unpaired) electrons. The number of aromatic nitrogens is 1. The van der Waals surface area contributed by atoms with Crippen LogP contribution in [0, 0.1) is 5.82 Å². The Morgan fingerprint density at radius 3 is 2.86 bits per heavy atom. The van der Waals surface area contributed by atoms with Gasteiger partial charge in [0.25, 0.3) is 0 Å². The van der Waals surface area contributed by atoms with Crippen LogP contribution in [0.1, 0.15) is 12.5 Å². The zero-order chi connectivity index (χ0) is 15.0. The first-order valence-corrected chi connectivity index (χ1v) is 7.65. The minimum Gasteiger partial charge on any atom is -0.380 e. The van der Waals surface area contributed by atoms with Crippen LogP contribution in [0.3, 0.4) is 0 Å². The molecule has 2 N–H and O–H groups in total. The van der Waals surface area contributed by atoms with Gasteiger partial charge in [0.15, 0.2) is 11.6 Å². The zero-order valence-corrected chi connectivity index (χ0v) is 12.8. The molecule has 2 aromatic heterocycles. The quantitative estimate of drug-likeness (QED) is 0.737. The molecule has 0 saturated heterocycles. The Morgan fingerprint density at radius 1 is 1.33 bits per heavy atom. The first kappa shape index (κ1) is 14.1. The standard InChI is InChI=1S/C15H12ClFN2OS/c1-2-8-6-7-21-14(8)13-12(15(18)19-20-13)11-9(16)4-3-5-10(11)17/h3-7H,2H2,1H3,(H2,18,19). The molecular weight excluding hydrogens is 311 g/mol. The van der Waals surface area contributed by atoms with Crippen molar-refractivity contribution in [1.82, 2.24) is 5.16 Å². The van der Waals surface area contributed by atoms with Gasteiger partial charge in [-0.25, -0.2) is 4.39 Å². The number of halogens is 2. The highest BCUT2D eigenvalue weighted by Gasteiger charge is 2.24. The Labute approximate surface area is 130 Å². The van der Waals surface area contributed by atoms with E-state index in [1.54, 1.807) is 12.1 Å². The van der Waals surface area contributed by atoms with Gasteiger partial charge >= 0.3 is 0 Å². The van der Waals surface area contributed by atoms with Gasteiger partial charge in [-0.15, -0.1) is 11.3 Å². The van der Waals surface area contributed by atoms with Gasteiger partial charge in [-0.1, -0.05) is 29.7 Å². The number of aryl methyl sites for hydroxylation is 1. The molecule has 3 aromatic rings. The fourth-order valence-corrected chi connectivity index (χ4v) is 3.48. The average Bonchev–Trinajstić information content (AvgIpc) is 3.06. The average molecular weight is 323 g/mol. The van der Waals surface area contributed by atoms with Crippen LogP contribution in [-0.2, 0) is 6.42 Å². The van der Waals surface area contributed by atoms with Crippen LogP contribution >= 0.6 is 22.9 Å². The van der Waals surface area contributed by atoms with Crippen molar-refractivity contribution in [3.8, 4) is 21.8 Å². The molecule has 6 heteroatoms. The number of anilines is 1. The topological polar surface area (TPSA) is 52.0 Å². The predicted molar refractivity (Wildman–Crippen MR) is 84.0 cm³/mol. The van der Waals surface area contributed by atoms with E-state index in [1.165, 1.54) is 17.4 Å². The summed E-state index contributed by atoms with van der Waals surface area (Å²) in [7, 11) is 0. The third-order valence-electron chi connectivity index (χ3n) is 3.27. The lowest BCUT2D eigenvalue weighted by molar-refractivity contribution is 0.436. The number of benzene rings is 1. The Kier molecular flexibility index (Phi) is 3.69.